The van der Waals surface area contributed by atoms with Crippen LogP contribution in [0.5, 0.6) is 0 Å². The molecule has 1 aromatic carbocycles. The molecule has 2 nitrogen and oxygen atoms in total. The molecule has 0 radical (unpaired) electrons. The molecule has 2 heterocycles. The van der Waals surface area contributed by atoms with Gasteiger partial charge in [-0.25, -0.2) is 0 Å². The molecule has 20 heavy (non-hydrogen) atoms. The predicted molar refractivity (Wildman–Crippen MR) is 84.8 cm³/mol. The van der Waals surface area contributed by atoms with Gasteiger partial charge in [-0.1, -0.05) is 35.4 Å². The van der Waals surface area contributed by atoms with E-state index in [1.54, 1.807) is 0 Å². The molecule has 4 heteroatoms. The fourth-order valence-electron chi connectivity index (χ4n) is 2.87. The molecular weight excluding hydrogens is 293 g/mol. The van der Waals surface area contributed by atoms with Crippen LogP contribution in [-0.4, -0.2) is 11.6 Å². The van der Waals surface area contributed by atoms with Crippen molar-refractivity contribution in [1.29, 1.82) is 0 Å². The van der Waals surface area contributed by atoms with E-state index in [4.69, 9.17) is 27.9 Å². The summed E-state index contributed by atoms with van der Waals surface area (Å²) in [5.41, 5.74) is 3.48. The minimum absolute atomic E-state index is 0.122. The van der Waals surface area contributed by atoms with Crippen molar-refractivity contribution >= 4 is 34.1 Å². The van der Waals surface area contributed by atoms with Crippen molar-refractivity contribution in [2.24, 2.45) is 0 Å². The second-order valence-electron chi connectivity index (χ2n) is 5.06. The van der Waals surface area contributed by atoms with Crippen molar-refractivity contribution in [2.45, 2.75) is 32.3 Å². The Morgan fingerprint density at radius 3 is 3.05 bits per heavy atom. The molecule has 3 rings (SSSR count). The number of H-pyrrole nitrogens is 1. The summed E-state index contributed by atoms with van der Waals surface area (Å²) in [6, 6.07) is 3.83. The first-order valence-electron chi connectivity index (χ1n) is 6.93. The standard InChI is InChI=1S/C16H17Cl2NO/c1-2-3-4-5-13-16-10(8-9-20-13)14-12(19-16)7-6-11(17)15(14)18/h2-3,6-7,13,19H,4-5,8-9H2,1H3/b3-2+. The molecule has 1 atom stereocenters. The van der Waals surface area contributed by atoms with Crippen LogP contribution < -0.4 is 0 Å². The Kier molecular flexibility index (Phi) is 4.06. The highest BCUT2D eigenvalue weighted by Gasteiger charge is 2.25. The monoisotopic (exact) mass is 309 g/mol. The zero-order valence-corrected chi connectivity index (χ0v) is 12.9. The van der Waals surface area contributed by atoms with Crippen LogP contribution in [0.25, 0.3) is 10.9 Å². The van der Waals surface area contributed by atoms with Crippen molar-refractivity contribution in [3.05, 3.63) is 45.6 Å². The number of rotatable bonds is 3. The average molecular weight is 310 g/mol. The maximum absolute atomic E-state index is 6.37. The van der Waals surface area contributed by atoms with Crippen molar-refractivity contribution in [3.8, 4) is 0 Å². The summed E-state index contributed by atoms with van der Waals surface area (Å²) in [5.74, 6) is 0. The van der Waals surface area contributed by atoms with Crippen LogP contribution in [0.3, 0.4) is 0 Å². The highest BCUT2D eigenvalue weighted by atomic mass is 35.5. The first kappa shape index (κ1) is 14.0. The van der Waals surface area contributed by atoms with E-state index in [0.29, 0.717) is 10.0 Å². The molecule has 0 saturated carbocycles. The number of aromatic amines is 1. The third kappa shape index (κ3) is 2.37. The van der Waals surface area contributed by atoms with Gasteiger partial charge in [0.05, 0.1) is 22.8 Å². The topological polar surface area (TPSA) is 25.0 Å². The van der Waals surface area contributed by atoms with Crippen LogP contribution in [0.2, 0.25) is 10.0 Å². The molecule has 1 N–H and O–H groups in total. The lowest BCUT2D eigenvalue weighted by atomic mass is 9.99. The fraction of sp³-hybridized carbons (Fsp3) is 0.375. The average Bonchev–Trinajstić information content (AvgIpc) is 2.83. The SMILES string of the molecule is C/C=C/CCC1OCCc2c1[nH]c1ccc(Cl)c(Cl)c21. The summed E-state index contributed by atoms with van der Waals surface area (Å²) in [6.07, 6.45) is 7.25. The largest absolute Gasteiger partial charge is 0.372 e. The second kappa shape index (κ2) is 5.80. The lowest BCUT2D eigenvalue weighted by Crippen LogP contribution is -2.15. The Morgan fingerprint density at radius 2 is 2.25 bits per heavy atom. The molecule has 1 aliphatic heterocycles. The van der Waals surface area contributed by atoms with Gasteiger partial charge >= 0.3 is 0 Å². The van der Waals surface area contributed by atoms with Crippen LogP contribution in [-0.2, 0) is 11.2 Å². The highest BCUT2D eigenvalue weighted by molar-refractivity contribution is 6.45. The lowest BCUT2D eigenvalue weighted by molar-refractivity contribution is 0.0350. The fourth-order valence-corrected chi connectivity index (χ4v) is 3.30. The van der Waals surface area contributed by atoms with Crippen molar-refractivity contribution in [1.82, 2.24) is 4.98 Å². The zero-order valence-electron chi connectivity index (χ0n) is 11.4. The van der Waals surface area contributed by atoms with Crippen LogP contribution in [0, 0.1) is 0 Å². The lowest BCUT2D eigenvalue weighted by Gasteiger charge is -2.23. The van der Waals surface area contributed by atoms with Gasteiger partial charge in [-0.3, -0.25) is 0 Å². The first-order valence-corrected chi connectivity index (χ1v) is 7.69. The predicted octanol–water partition coefficient (Wildman–Crippen LogP) is 5.44. The molecule has 0 aliphatic carbocycles. The van der Waals surface area contributed by atoms with E-state index in [1.165, 1.54) is 11.3 Å². The number of hydrogen-bond donors (Lipinski definition) is 1. The number of ether oxygens (including phenoxy) is 1. The maximum Gasteiger partial charge on any atom is 0.0978 e. The van der Waals surface area contributed by atoms with Crippen LogP contribution in [0.1, 0.15) is 37.1 Å². The molecule has 1 aromatic heterocycles. The van der Waals surface area contributed by atoms with Crippen LogP contribution >= 0.6 is 23.2 Å². The van der Waals surface area contributed by atoms with Gasteiger partial charge in [-0.2, -0.15) is 0 Å². The van der Waals surface area contributed by atoms with Gasteiger partial charge in [0.15, 0.2) is 0 Å². The Bertz CT molecular complexity index is 660. The van der Waals surface area contributed by atoms with E-state index in [1.807, 2.05) is 19.1 Å². The van der Waals surface area contributed by atoms with Crippen molar-refractivity contribution < 1.29 is 4.74 Å². The van der Waals surface area contributed by atoms with E-state index < -0.39 is 0 Å². The van der Waals surface area contributed by atoms with Gasteiger partial charge in [-0.05, 0) is 43.9 Å². The molecule has 0 amide bonds. The Morgan fingerprint density at radius 1 is 1.40 bits per heavy atom. The molecule has 0 fully saturated rings. The normalized spacial score (nSPS) is 18.9. The Balaban J connectivity index is 2.04. The van der Waals surface area contributed by atoms with Crippen LogP contribution in [0.15, 0.2) is 24.3 Å². The van der Waals surface area contributed by atoms with Crippen molar-refractivity contribution in [2.75, 3.05) is 6.61 Å². The number of halogens is 2. The third-order valence-corrected chi connectivity index (χ3v) is 4.62. The van der Waals surface area contributed by atoms with Crippen molar-refractivity contribution in [3.63, 3.8) is 0 Å². The van der Waals surface area contributed by atoms with E-state index in [9.17, 15) is 0 Å². The quantitative estimate of drug-likeness (QED) is 0.750. The van der Waals surface area contributed by atoms with Crippen LogP contribution in [0.4, 0.5) is 0 Å². The highest BCUT2D eigenvalue weighted by Crippen LogP contribution is 2.40. The summed E-state index contributed by atoms with van der Waals surface area (Å²) in [6.45, 7) is 2.78. The molecule has 2 aromatic rings. The van der Waals surface area contributed by atoms with Gasteiger partial charge < -0.3 is 9.72 Å². The Labute approximate surface area is 128 Å². The van der Waals surface area contributed by atoms with Gasteiger partial charge in [0, 0.05) is 16.6 Å². The summed E-state index contributed by atoms with van der Waals surface area (Å²) >= 11 is 12.5. The first-order chi connectivity index (χ1) is 9.72. The number of aromatic nitrogens is 1. The molecule has 0 saturated heterocycles. The molecule has 1 aliphatic rings. The van der Waals surface area contributed by atoms with Gasteiger partial charge in [0.1, 0.15) is 0 Å². The number of allylic oxidation sites excluding steroid dienone is 2. The summed E-state index contributed by atoms with van der Waals surface area (Å²) in [4.78, 5) is 3.47. The summed E-state index contributed by atoms with van der Waals surface area (Å²) in [7, 11) is 0. The number of hydrogen-bond acceptors (Lipinski definition) is 1. The number of benzene rings is 1. The van der Waals surface area contributed by atoms with E-state index in [0.717, 1.165) is 36.8 Å². The molecule has 0 spiro atoms. The van der Waals surface area contributed by atoms with E-state index in [2.05, 4.69) is 17.1 Å². The second-order valence-corrected chi connectivity index (χ2v) is 5.84. The smallest absolute Gasteiger partial charge is 0.0978 e. The number of fused-ring (bicyclic) bond motifs is 3. The zero-order chi connectivity index (χ0) is 14.1. The Hall–Kier alpha value is -0.960. The minimum Gasteiger partial charge on any atom is -0.372 e. The van der Waals surface area contributed by atoms with Gasteiger partial charge in [0.25, 0.3) is 0 Å². The summed E-state index contributed by atoms with van der Waals surface area (Å²) < 4.78 is 5.91. The summed E-state index contributed by atoms with van der Waals surface area (Å²) in [5, 5.41) is 2.32. The van der Waals surface area contributed by atoms with E-state index in [-0.39, 0.29) is 6.10 Å². The molecule has 0 bridgehead atoms. The third-order valence-electron chi connectivity index (χ3n) is 3.82. The maximum atomic E-state index is 6.37. The molecular formula is C16H17Cl2NO. The van der Waals surface area contributed by atoms with Gasteiger partial charge in [-0.15, -0.1) is 0 Å². The number of nitrogens with one attached hydrogen (secondary N) is 1. The molecule has 106 valence electrons. The van der Waals surface area contributed by atoms with E-state index >= 15 is 0 Å². The molecule has 1 unspecified atom stereocenters. The van der Waals surface area contributed by atoms with Gasteiger partial charge in [0.2, 0.25) is 0 Å². The minimum atomic E-state index is 0.122.